The first-order valence-corrected chi connectivity index (χ1v) is 10.7. The lowest BCUT2D eigenvalue weighted by atomic mass is 10.0. The smallest absolute Gasteiger partial charge is 0.300 e. The summed E-state index contributed by atoms with van der Waals surface area (Å²) in [6, 6.07) is 20.6. The van der Waals surface area contributed by atoms with E-state index in [1.165, 1.54) is 5.56 Å². The second-order valence-electron chi connectivity index (χ2n) is 7.36. The van der Waals surface area contributed by atoms with Gasteiger partial charge in [-0.15, -0.1) is 11.3 Å². The fourth-order valence-electron chi connectivity index (χ4n) is 3.25. The van der Waals surface area contributed by atoms with Crippen LogP contribution in [0.1, 0.15) is 25.3 Å². The minimum Gasteiger partial charge on any atom is -0.423 e. The van der Waals surface area contributed by atoms with E-state index >= 15 is 0 Å². The second-order valence-corrected chi connectivity index (χ2v) is 8.22. The van der Waals surface area contributed by atoms with Crippen molar-refractivity contribution in [2.24, 2.45) is 0 Å². The van der Waals surface area contributed by atoms with Gasteiger partial charge in [0.1, 0.15) is 10.5 Å². The van der Waals surface area contributed by atoms with Gasteiger partial charge in [-0.2, -0.15) is 4.98 Å². The molecule has 0 bridgehead atoms. The molecule has 5 rings (SSSR count). The Morgan fingerprint density at radius 1 is 0.933 bits per heavy atom. The van der Waals surface area contributed by atoms with Gasteiger partial charge in [-0.05, 0) is 47.9 Å². The summed E-state index contributed by atoms with van der Waals surface area (Å²) in [5.74, 6) is 0.452. The summed E-state index contributed by atoms with van der Waals surface area (Å²) in [7, 11) is 0. The maximum atomic E-state index is 5.87. The summed E-state index contributed by atoms with van der Waals surface area (Å²) in [4.78, 5) is 13.7. The SMILES string of the molecule is CC(C)c1ccc2oc(Nc3cccc(-c4csc(-c5ccccn5)n4)c3)nc2c1. The average molecular weight is 413 g/mol. The zero-order valence-corrected chi connectivity index (χ0v) is 17.5. The van der Waals surface area contributed by atoms with E-state index < -0.39 is 0 Å². The van der Waals surface area contributed by atoms with Gasteiger partial charge < -0.3 is 9.73 Å². The van der Waals surface area contributed by atoms with Crippen LogP contribution in [0.25, 0.3) is 33.1 Å². The molecule has 0 saturated carbocycles. The number of nitrogens with zero attached hydrogens (tertiary/aromatic N) is 3. The van der Waals surface area contributed by atoms with Gasteiger partial charge in [-0.25, -0.2) is 4.98 Å². The lowest BCUT2D eigenvalue weighted by Crippen LogP contribution is -1.91. The first-order chi connectivity index (χ1) is 14.7. The Labute approximate surface area is 178 Å². The van der Waals surface area contributed by atoms with Crippen LogP contribution >= 0.6 is 11.3 Å². The molecule has 2 aromatic carbocycles. The van der Waals surface area contributed by atoms with Gasteiger partial charge in [0.15, 0.2) is 5.58 Å². The van der Waals surface area contributed by atoms with Crippen LogP contribution < -0.4 is 5.32 Å². The highest BCUT2D eigenvalue weighted by molar-refractivity contribution is 7.13. The van der Waals surface area contributed by atoms with E-state index in [1.54, 1.807) is 17.5 Å². The Kier molecular flexibility index (Phi) is 4.77. The number of pyridine rings is 1. The highest BCUT2D eigenvalue weighted by Gasteiger charge is 2.11. The predicted octanol–water partition coefficient (Wildman–Crippen LogP) is 6.88. The van der Waals surface area contributed by atoms with E-state index in [1.807, 2.05) is 48.5 Å². The molecule has 1 N–H and O–H groups in total. The Bertz CT molecular complexity index is 1310. The summed E-state index contributed by atoms with van der Waals surface area (Å²) in [5.41, 5.74) is 6.61. The molecule has 5 aromatic rings. The van der Waals surface area contributed by atoms with Gasteiger partial charge in [0, 0.05) is 22.8 Å². The summed E-state index contributed by atoms with van der Waals surface area (Å²) in [5, 5.41) is 6.23. The largest absolute Gasteiger partial charge is 0.423 e. The minimum atomic E-state index is 0.452. The molecule has 30 heavy (non-hydrogen) atoms. The molecule has 0 aliphatic heterocycles. The van der Waals surface area contributed by atoms with E-state index in [9.17, 15) is 0 Å². The van der Waals surface area contributed by atoms with E-state index in [2.05, 4.69) is 46.6 Å². The van der Waals surface area contributed by atoms with Crippen molar-refractivity contribution in [3.8, 4) is 22.0 Å². The van der Waals surface area contributed by atoms with Gasteiger partial charge in [0.25, 0.3) is 6.01 Å². The van der Waals surface area contributed by atoms with E-state index in [-0.39, 0.29) is 0 Å². The molecule has 0 spiro atoms. The Morgan fingerprint density at radius 3 is 2.70 bits per heavy atom. The van der Waals surface area contributed by atoms with Crippen molar-refractivity contribution in [2.75, 3.05) is 5.32 Å². The van der Waals surface area contributed by atoms with Crippen molar-refractivity contribution >= 4 is 34.1 Å². The summed E-state index contributed by atoms with van der Waals surface area (Å²) in [6.45, 7) is 4.34. The topological polar surface area (TPSA) is 63.8 Å². The molecule has 3 aromatic heterocycles. The first-order valence-electron chi connectivity index (χ1n) is 9.80. The molecular formula is C24H20N4OS. The molecule has 0 radical (unpaired) electrons. The molecule has 5 nitrogen and oxygen atoms in total. The van der Waals surface area contributed by atoms with Gasteiger partial charge in [0.2, 0.25) is 0 Å². The third-order valence-corrected chi connectivity index (χ3v) is 5.74. The van der Waals surface area contributed by atoms with Crippen LogP contribution in [0.4, 0.5) is 11.7 Å². The third kappa shape index (κ3) is 3.69. The number of rotatable bonds is 5. The Hall–Kier alpha value is -3.51. The van der Waals surface area contributed by atoms with Crippen LogP contribution in [0.2, 0.25) is 0 Å². The summed E-state index contributed by atoms with van der Waals surface area (Å²) >= 11 is 1.59. The van der Waals surface area contributed by atoms with Crippen molar-refractivity contribution in [1.82, 2.24) is 15.0 Å². The number of oxazole rings is 1. The van der Waals surface area contributed by atoms with E-state index in [0.717, 1.165) is 38.7 Å². The van der Waals surface area contributed by atoms with Gasteiger partial charge >= 0.3 is 0 Å². The first kappa shape index (κ1) is 18.5. The maximum Gasteiger partial charge on any atom is 0.300 e. The molecule has 0 aliphatic rings. The number of hydrogen-bond acceptors (Lipinski definition) is 6. The Morgan fingerprint density at radius 2 is 1.87 bits per heavy atom. The molecule has 0 atom stereocenters. The van der Waals surface area contributed by atoms with Crippen LogP contribution in [0, 0.1) is 0 Å². The third-order valence-electron chi connectivity index (χ3n) is 4.88. The molecule has 0 saturated heterocycles. The monoisotopic (exact) mass is 412 g/mol. The van der Waals surface area contributed by atoms with Crippen molar-refractivity contribution in [1.29, 1.82) is 0 Å². The molecule has 0 unspecified atom stereocenters. The van der Waals surface area contributed by atoms with Crippen molar-refractivity contribution in [3.05, 3.63) is 77.8 Å². The highest BCUT2D eigenvalue weighted by atomic mass is 32.1. The van der Waals surface area contributed by atoms with Crippen LogP contribution in [-0.2, 0) is 0 Å². The lowest BCUT2D eigenvalue weighted by Gasteiger charge is -2.03. The normalized spacial score (nSPS) is 11.3. The molecule has 6 heteroatoms. The lowest BCUT2D eigenvalue weighted by molar-refractivity contribution is 0.623. The van der Waals surface area contributed by atoms with Crippen molar-refractivity contribution < 1.29 is 4.42 Å². The number of aromatic nitrogens is 3. The average Bonchev–Trinajstić information content (AvgIpc) is 3.41. The minimum absolute atomic E-state index is 0.452. The van der Waals surface area contributed by atoms with Crippen LogP contribution in [0.15, 0.2) is 76.7 Å². The Balaban J connectivity index is 1.40. The number of fused-ring (bicyclic) bond motifs is 1. The maximum absolute atomic E-state index is 5.87. The molecule has 3 heterocycles. The van der Waals surface area contributed by atoms with Gasteiger partial charge in [0.05, 0.1) is 11.4 Å². The molecule has 0 aliphatic carbocycles. The zero-order chi connectivity index (χ0) is 20.5. The van der Waals surface area contributed by atoms with Crippen LogP contribution in [0.5, 0.6) is 0 Å². The summed E-state index contributed by atoms with van der Waals surface area (Å²) in [6.07, 6.45) is 1.78. The molecular weight excluding hydrogens is 392 g/mol. The van der Waals surface area contributed by atoms with Crippen molar-refractivity contribution in [3.63, 3.8) is 0 Å². The second kappa shape index (κ2) is 7.72. The highest BCUT2D eigenvalue weighted by Crippen LogP contribution is 2.30. The summed E-state index contributed by atoms with van der Waals surface area (Å²) < 4.78 is 5.87. The zero-order valence-electron chi connectivity index (χ0n) is 16.7. The number of anilines is 2. The fourth-order valence-corrected chi connectivity index (χ4v) is 4.05. The number of hydrogen-bond donors (Lipinski definition) is 1. The van der Waals surface area contributed by atoms with Crippen LogP contribution in [0.3, 0.4) is 0 Å². The standard InChI is InChI=1S/C24H20N4OS/c1-15(2)16-9-10-22-20(13-16)28-24(29-22)26-18-7-5-6-17(12-18)21-14-30-23(27-21)19-8-3-4-11-25-19/h3-15H,1-2H3,(H,26,28). The fraction of sp³-hybridized carbons (Fsp3) is 0.125. The van der Waals surface area contributed by atoms with E-state index in [4.69, 9.17) is 9.40 Å². The molecule has 0 fully saturated rings. The number of benzene rings is 2. The van der Waals surface area contributed by atoms with Crippen LogP contribution in [-0.4, -0.2) is 15.0 Å². The predicted molar refractivity (Wildman–Crippen MR) is 122 cm³/mol. The van der Waals surface area contributed by atoms with E-state index in [0.29, 0.717) is 11.9 Å². The number of thiazole rings is 1. The number of nitrogens with one attached hydrogen (secondary N) is 1. The molecule has 0 amide bonds. The van der Waals surface area contributed by atoms with Gasteiger partial charge in [-0.3, -0.25) is 4.98 Å². The quantitative estimate of drug-likeness (QED) is 0.341. The molecule has 148 valence electrons. The van der Waals surface area contributed by atoms with Gasteiger partial charge in [-0.1, -0.05) is 38.1 Å². The van der Waals surface area contributed by atoms with Crippen molar-refractivity contribution in [2.45, 2.75) is 19.8 Å².